The van der Waals surface area contributed by atoms with Gasteiger partial charge in [-0.05, 0) is 41.5 Å². The Kier molecular flexibility index (Phi) is 4.16. The molecule has 3 aromatic rings. The fourth-order valence-corrected chi connectivity index (χ4v) is 2.48. The highest BCUT2D eigenvalue weighted by Crippen LogP contribution is 2.31. The first-order chi connectivity index (χ1) is 11.6. The standard InChI is InChI=1S/C19H17N3O2/c1-24-16-4-2-3-14(9-16)15-10-17(18(20)22-11-15)12-5-7-13(8-6-12)19(21)23/h2-11H,1H3,(H2,20,22)(H2,21,23). The number of pyridine rings is 1. The number of primary amides is 1. The highest BCUT2D eigenvalue weighted by atomic mass is 16.5. The molecule has 24 heavy (non-hydrogen) atoms. The summed E-state index contributed by atoms with van der Waals surface area (Å²) in [5, 5.41) is 0. The second-order valence-electron chi connectivity index (χ2n) is 5.33. The predicted octanol–water partition coefficient (Wildman–Crippen LogP) is 3.11. The van der Waals surface area contributed by atoms with Crippen molar-refractivity contribution in [3.63, 3.8) is 0 Å². The maximum atomic E-state index is 11.2. The van der Waals surface area contributed by atoms with E-state index in [-0.39, 0.29) is 0 Å². The van der Waals surface area contributed by atoms with Crippen molar-refractivity contribution in [2.75, 3.05) is 12.8 Å². The van der Waals surface area contributed by atoms with Crippen LogP contribution in [0.1, 0.15) is 10.4 Å². The first-order valence-corrected chi connectivity index (χ1v) is 7.38. The van der Waals surface area contributed by atoms with Crippen molar-refractivity contribution in [1.82, 2.24) is 4.98 Å². The number of rotatable bonds is 4. The molecule has 1 heterocycles. The quantitative estimate of drug-likeness (QED) is 0.773. The fraction of sp³-hybridized carbons (Fsp3) is 0.0526. The number of benzene rings is 2. The molecular formula is C19H17N3O2. The topological polar surface area (TPSA) is 91.2 Å². The van der Waals surface area contributed by atoms with Crippen molar-refractivity contribution < 1.29 is 9.53 Å². The Labute approximate surface area is 139 Å². The summed E-state index contributed by atoms with van der Waals surface area (Å²) in [5.41, 5.74) is 15.3. The second-order valence-corrected chi connectivity index (χ2v) is 5.33. The van der Waals surface area contributed by atoms with Gasteiger partial charge in [0.25, 0.3) is 0 Å². The minimum atomic E-state index is -0.460. The average molecular weight is 319 g/mol. The van der Waals surface area contributed by atoms with Crippen molar-refractivity contribution in [3.8, 4) is 28.0 Å². The highest BCUT2D eigenvalue weighted by Gasteiger charge is 2.09. The van der Waals surface area contributed by atoms with Crippen LogP contribution in [0.2, 0.25) is 0 Å². The molecule has 0 bridgehead atoms. The molecule has 0 unspecified atom stereocenters. The van der Waals surface area contributed by atoms with Crippen LogP contribution in [0.25, 0.3) is 22.3 Å². The number of carbonyl (C=O) groups is 1. The molecule has 0 radical (unpaired) electrons. The first kappa shape index (κ1) is 15.6. The monoisotopic (exact) mass is 319 g/mol. The van der Waals surface area contributed by atoms with Crippen LogP contribution in [0.15, 0.2) is 60.8 Å². The lowest BCUT2D eigenvalue weighted by Gasteiger charge is -2.10. The summed E-state index contributed by atoms with van der Waals surface area (Å²) in [4.78, 5) is 15.5. The number of hydrogen-bond donors (Lipinski definition) is 2. The molecule has 5 nitrogen and oxygen atoms in total. The number of ether oxygens (including phenoxy) is 1. The molecule has 120 valence electrons. The van der Waals surface area contributed by atoms with Crippen LogP contribution in [0.4, 0.5) is 5.82 Å². The summed E-state index contributed by atoms with van der Waals surface area (Å²) < 4.78 is 5.26. The highest BCUT2D eigenvalue weighted by molar-refractivity contribution is 5.93. The lowest BCUT2D eigenvalue weighted by molar-refractivity contribution is 0.100. The summed E-state index contributed by atoms with van der Waals surface area (Å²) in [5.74, 6) is 0.739. The normalized spacial score (nSPS) is 10.4. The average Bonchev–Trinajstić information content (AvgIpc) is 2.62. The van der Waals surface area contributed by atoms with Crippen LogP contribution >= 0.6 is 0 Å². The maximum Gasteiger partial charge on any atom is 0.248 e. The summed E-state index contributed by atoms with van der Waals surface area (Å²) in [6, 6.07) is 16.7. The van der Waals surface area contributed by atoms with Crippen LogP contribution < -0.4 is 16.2 Å². The van der Waals surface area contributed by atoms with E-state index in [4.69, 9.17) is 16.2 Å². The molecule has 0 aliphatic heterocycles. The molecule has 3 rings (SSSR count). The summed E-state index contributed by atoms with van der Waals surface area (Å²) in [6.45, 7) is 0. The van der Waals surface area contributed by atoms with E-state index >= 15 is 0 Å². The Hall–Kier alpha value is -3.34. The Morgan fingerprint density at radius 1 is 1.00 bits per heavy atom. The minimum absolute atomic E-state index is 0.425. The zero-order valence-corrected chi connectivity index (χ0v) is 13.2. The van der Waals surface area contributed by atoms with Crippen LogP contribution in [0.5, 0.6) is 5.75 Å². The lowest BCUT2D eigenvalue weighted by Crippen LogP contribution is -2.10. The van der Waals surface area contributed by atoms with Gasteiger partial charge in [-0.1, -0.05) is 24.3 Å². The molecule has 4 N–H and O–H groups in total. The minimum Gasteiger partial charge on any atom is -0.497 e. The third-order valence-corrected chi connectivity index (χ3v) is 3.80. The zero-order chi connectivity index (χ0) is 17.1. The van der Waals surface area contributed by atoms with Gasteiger partial charge in [-0.15, -0.1) is 0 Å². The fourth-order valence-electron chi connectivity index (χ4n) is 2.48. The number of anilines is 1. The third kappa shape index (κ3) is 3.05. The first-order valence-electron chi connectivity index (χ1n) is 7.38. The van der Waals surface area contributed by atoms with E-state index in [9.17, 15) is 4.79 Å². The number of nitrogen functional groups attached to an aromatic ring is 1. The van der Waals surface area contributed by atoms with Gasteiger partial charge in [0.2, 0.25) is 5.91 Å². The van der Waals surface area contributed by atoms with Crippen molar-refractivity contribution in [3.05, 3.63) is 66.4 Å². The Morgan fingerprint density at radius 2 is 1.75 bits per heavy atom. The van der Waals surface area contributed by atoms with E-state index in [0.717, 1.165) is 28.0 Å². The van der Waals surface area contributed by atoms with E-state index in [2.05, 4.69) is 4.98 Å². The lowest BCUT2D eigenvalue weighted by atomic mass is 10.00. The molecule has 2 aromatic carbocycles. The van der Waals surface area contributed by atoms with E-state index < -0.39 is 5.91 Å². The Morgan fingerprint density at radius 3 is 2.42 bits per heavy atom. The van der Waals surface area contributed by atoms with Gasteiger partial charge in [-0.25, -0.2) is 4.98 Å². The molecule has 0 saturated heterocycles. The Bertz CT molecular complexity index is 889. The molecule has 5 heteroatoms. The maximum absolute atomic E-state index is 11.2. The van der Waals surface area contributed by atoms with E-state index in [1.807, 2.05) is 42.5 Å². The second kappa shape index (κ2) is 6.42. The molecular weight excluding hydrogens is 302 g/mol. The number of nitrogens with zero attached hydrogens (tertiary/aromatic N) is 1. The number of aromatic nitrogens is 1. The number of carbonyl (C=O) groups excluding carboxylic acids is 1. The molecule has 0 aliphatic carbocycles. The zero-order valence-electron chi connectivity index (χ0n) is 13.2. The smallest absolute Gasteiger partial charge is 0.248 e. The van der Waals surface area contributed by atoms with Crippen molar-refractivity contribution in [2.45, 2.75) is 0 Å². The van der Waals surface area contributed by atoms with Gasteiger partial charge < -0.3 is 16.2 Å². The van der Waals surface area contributed by atoms with Crippen molar-refractivity contribution in [2.24, 2.45) is 5.73 Å². The molecule has 0 spiro atoms. The third-order valence-electron chi connectivity index (χ3n) is 3.80. The van der Waals surface area contributed by atoms with Crippen LogP contribution in [0, 0.1) is 0 Å². The van der Waals surface area contributed by atoms with E-state index in [1.165, 1.54) is 0 Å². The van der Waals surface area contributed by atoms with Crippen LogP contribution in [0.3, 0.4) is 0 Å². The molecule has 1 amide bonds. The molecule has 0 fully saturated rings. The Balaban J connectivity index is 2.04. The van der Waals surface area contributed by atoms with Crippen molar-refractivity contribution in [1.29, 1.82) is 0 Å². The molecule has 0 atom stereocenters. The molecule has 1 aromatic heterocycles. The van der Waals surface area contributed by atoms with Gasteiger partial charge in [0.05, 0.1) is 7.11 Å². The van der Waals surface area contributed by atoms with Crippen molar-refractivity contribution >= 4 is 11.7 Å². The summed E-state index contributed by atoms with van der Waals surface area (Å²) in [6.07, 6.45) is 1.73. The number of hydrogen-bond acceptors (Lipinski definition) is 4. The number of nitrogens with two attached hydrogens (primary N) is 2. The van der Waals surface area contributed by atoms with Gasteiger partial charge in [0.15, 0.2) is 0 Å². The SMILES string of the molecule is COc1cccc(-c2cnc(N)c(-c3ccc(C(N)=O)cc3)c2)c1. The van der Waals surface area contributed by atoms with Crippen LogP contribution in [-0.4, -0.2) is 18.0 Å². The van der Waals surface area contributed by atoms with Gasteiger partial charge in [-0.2, -0.15) is 0 Å². The molecule has 0 aliphatic rings. The van der Waals surface area contributed by atoms with Gasteiger partial charge >= 0.3 is 0 Å². The predicted molar refractivity (Wildman–Crippen MR) is 94.6 cm³/mol. The number of amides is 1. The van der Waals surface area contributed by atoms with E-state index in [0.29, 0.717) is 11.4 Å². The van der Waals surface area contributed by atoms with Gasteiger partial charge in [0, 0.05) is 22.9 Å². The largest absolute Gasteiger partial charge is 0.497 e. The van der Waals surface area contributed by atoms with E-state index in [1.54, 1.807) is 25.4 Å². The van der Waals surface area contributed by atoms with Crippen LogP contribution in [-0.2, 0) is 0 Å². The van der Waals surface area contributed by atoms with Gasteiger partial charge in [0.1, 0.15) is 11.6 Å². The summed E-state index contributed by atoms with van der Waals surface area (Å²) in [7, 11) is 1.63. The molecule has 0 saturated carbocycles. The summed E-state index contributed by atoms with van der Waals surface area (Å²) >= 11 is 0. The number of methoxy groups -OCH3 is 1. The van der Waals surface area contributed by atoms with Gasteiger partial charge in [-0.3, -0.25) is 4.79 Å².